The van der Waals surface area contributed by atoms with Gasteiger partial charge in [-0.1, -0.05) is 49.4 Å². The maximum atomic E-state index is 13.4. The van der Waals surface area contributed by atoms with E-state index in [0.717, 1.165) is 11.8 Å². The summed E-state index contributed by atoms with van der Waals surface area (Å²) in [5.41, 5.74) is 1.53. The van der Waals surface area contributed by atoms with E-state index in [-0.39, 0.29) is 30.8 Å². The summed E-state index contributed by atoms with van der Waals surface area (Å²) in [7, 11) is -3.61. The number of para-hydroxylation sites is 2. The molecule has 0 bridgehead atoms. The molecule has 0 unspecified atom stereocenters. The van der Waals surface area contributed by atoms with Crippen LogP contribution in [0, 0.1) is 0 Å². The van der Waals surface area contributed by atoms with Crippen LogP contribution in [0.3, 0.4) is 0 Å². The smallest absolute Gasteiger partial charge is 0.242 e. The predicted octanol–water partition coefficient (Wildman–Crippen LogP) is 4.01. The van der Waals surface area contributed by atoms with E-state index in [2.05, 4.69) is 5.32 Å². The second kappa shape index (κ2) is 14.6. The Morgan fingerprint density at radius 1 is 0.973 bits per heavy atom. The molecule has 1 N–H and O–H groups in total. The molecular weight excluding hydrogens is 490 g/mol. The fourth-order valence-electron chi connectivity index (χ4n) is 4.20. The molecule has 2 aromatic carbocycles. The van der Waals surface area contributed by atoms with Crippen molar-refractivity contribution in [2.75, 3.05) is 30.3 Å². The van der Waals surface area contributed by atoms with Gasteiger partial charge < -0.3 is 15.0 Å². The topological polar surface area (TPSA) is 96.0 Å². The molecule has 8 nitrogen and oxygen atoms in total. The van der Waals surface area contributed by atoms with Crippen molar-refractivity contribution in [1.29, 1.82) is 0 Å². The molecule has 0 aliphatic rings. The molecule has 0 radical (unpaired) electrons. The van der Waals surface area contributed by atoms with Crippen LogP contribution in [0.25, 0.3) is 0 Å². The largest absolute Gasteiger partial charge is 0.492 e. The van der Waals surface area contributed by atoms with E-state index in [1.807, 2.05) is 58.0 Å². The summed E-state index contributed by atoms with van der Waals surface area (Å²) < 4.78 is 32.2. The van der Waals surface area contributed by atoms with Crippen LogP contribution < -0.4 is 14.4 Å². The molecule has 0 aliphatic carbocycles. The summed E-state index contributed by atoms with van der Waals surface area (Å²) in [6, 6.07) is 16.2. The Balaban J connectivity index is 2.19. The molecule has 0 fully saturated rings. The van der Waals surface area contributed by atoms with E-state index in [1.54, 1.807) is 29.2 Å². The molecule has 0 aromatic heterocycles. The Morgan fingerprint density at radius 3 is 2.22 bits per heavy atom. The number of anilines is 1. The van der Waals surface area contributed by atoms with Crippen LogP contribution in [-0.2, 0) is 26.0 Å². The van der Waals surface area contributed by atoms with Crippen LogP contribution in [0.1, 0.15) is 52.5 Å². The van der Waals surface area contributed by atoms with Crippen molar-refractivity contribution in [2.45, 2.75) is 65.5 Å². The number of ether oxygens (including phenoxy) is 1. The minimum absolute atomic E-state index is 0.0404. The Morgan fingerprint density at radius 2 is 1.62 bits per heavy atom. The van der Waals surface area contributed by atoms with E-state index in [0.29, 0.717) is 43.9 Å². The third kappa shape index (κ3) is 9.39. The first-order valence-corrected chi connectivity index (χ1v) is 14.8. The number of hydrogen-bond acceptors (Lipinski definition) is 5. The molecule has 37 heavy (non-hydrogen) atoms. The predicted molar refractivity (Wildman–Crippen MR) is 148 cm³/mol. The number of sulfonamides is 1. The van der Waals surface area contributed by atoms with Gasteiger partial charge in [0.1, 0.15) is 11.8 Å². The lowest BCUT2D eigenvalue weighted by atomic mass is 10.1. The number of rotatable bonds is 15. The van der Waals surface area contributed by atoms with Crippen LogP contribution in [0.4, 0.5) is 5.69 Å². The zero-order chi connectivity index (χ0) is 27.4. The van der Waals surface area contributed by atoms with Crippen molar-refractivity contribution in [2.24, 2.45) is 0 Å². The van der Waals surface area contributed by atoms with E-state index < -0.39 is 16.1 Å². The third-order valence-electron chi connectivity index (χ3n) is 5.89. The molecule has 2 rings (SSSR count). The molecule has 2 aromatic rings. The van der Waals surface area contributed by atoms with Gasteiger partial charge in [-0.15, -0.1) is 0 Å². The summed E-state index contributed by atoms with van der Waals surface area (Å²) in [6.07, 6.45) is 2.66. The van der Waals surface area contributed by atoms with Crippen molar-refractivity contribution in [1.82, 2.24) is 10.2 Å². The Bertz CT molecular complexity index is 1110. The number of nitrogens with one attached hydrogen (secondary N) is 1. The molecular formula is C28H41N3O5S. The first-order valence-electron chi connectivity index (χ1n) is 12.9. The SMILES string of the molecule is CCOc1ccccc1N(CCCC(=O)N(CCc1ccccc1)[C@@H](CC)C(=O)NC(C)C)S(C)(=O)=O. The maximum Gasteiger partial charge on any atom is 0.242 e. The number of nitrogens with zero attached hydrogens (tertiary/aromatic N) is 2. The number of carbonyl (C=O) groups excluding carboxylic acids is 2. The highest BCUT2D eigenvalue weighted by atomic mass is 32.2. The number of benzene rings is 2. The quantitative estimate of drug-likeness (QED) is 0.375. The minimum atomic E-state index is -3.61. The number of carbonyl (C=O) groups is 2. The highest BCUT2D eigenvalue weighted by Crippen LogP contribution is 2.30. The summed E-state index contributed by atoms with van der Waals surface area (Å²) >= 11 is 0. The van der Waals surface area contributed by atoms with Crippen molar-refractivity contribution < 1.29 is 22.7 Å². The zero-order valence-electron chi connectivity index (χ0n) is 22.6. The fraction of sp³-hybridized carbons (Fsp3) is 0.500. The Hall–Kier alpha value is -3.07. The van der Waals surface area contributed by atoms with Crippen molar-refractivity contribution >= 4 is 27.5 Å². The third-order valence-corrected chi connectivity index (χ3v) is 7.07. The van der Waals surface area contributed by atoms with Gasteiger partial charge in [-0.3, -0.25) is 13.9 Å². The van der Waals surface area contributed by atoms with Crippen LogP contribution in [0.2, 0.25) is 0 Å². The monoisotopic (exact) mass is 531 g/mol. The van der Waals surface area contributed by atoms with E-state index >= 15 is 0 Å². The first-order chi connectivity index (χ1) is 17.6. The normalized spacial score (nSPS) is 12.2. The molecule has 0 heterocycles. The van der Waals surface area contributed by atoms with Gasteiger partial charge in [-0.25, -0.2) is 8.42 Å². The molecule has 1 atom stereocenters. The van der Waals surface area contributed by atoms with Gasteiger partial charge >= 0.3 is 0 Å². The molecule has 204 valence electrons. The molecule has 0 aliphatic heterocycles. The second-order valence-corrected chi connectivity index (χ2v) is 11.2. The zero-order valence-corrected chi connectivity index (χ0v) is 23.5. The molecule has 9 heteroatoms. The molecule has 2 amide bonds. The van der Waals surface area contributed by atoms with Crippen LogP contribution in [0.15, 0.2) is 54.6 Å². The van der Waals surface area contributed by atoms with Gasteiger partial charge in [-0.2, -0.15) is 0 Å². The van der Waals surface area contributed by atoms with Crippen molar-refractivity contribution in [3.05, 3.63) is 60.2 Å². The Labute approximate surface area is 222 Å². The highest BCUT2D eigenvalue weighted by molar-refractivity contribution is 7.92. The van der Waals surface area contributed by atoms with Gasteiger partial charge in [0.25, 0.3) is 0 Å². The summed E-state index contributed by atoms with van der Waals surface area (Å²) in [4.78, 5) is 28.0. The summed E-state index contributed by atoms with van der Waals surface area (Å²) in [5.74, 6) is 0.123. The lowest BCUT2D eigenvalue weighted by Crippen LogP contribution is -2.51. The van der Waals surface area contributed by atoms with Crippen LogP contribution in [0.5, 0.6) is 5.75 Å². The fourth-order valence-corrected chi connectivity index (χ4v) is 5.17. The lowest BCUT2D eigenvalue weighted by molar-refractivity contribution is -0.141. The lowest BCUT2D eigenvalue weighted by Gasteiger charge is -2.31. The van der Waals surface area contributed by atoms with Crippen LogP contribution in [-0.4, -0.2) is 63.2 Å². The van der Waals surface area contributed by atoms with Gasteiger partial charge in [0.15, 0.2) is 0 Å². The highest BCUT2D eigenvalue weighted by Gasteiger charge is 2.29. The maximum absolute atomic E-state index is 13.4. The average Bonchev–Trinajstić information content (AvgIpc) is 2.84. The Kier molecular flexibility index (Phi) is 11.9. The summed E-state index contributed by atoms with van der Waals surface area (Å²) in [6.45, 7) is 8.43. The van der Waals surface area contributed by atoms with Crippen molar-refractivity contribution in [3.8, 4) is 5.75 Å². The van der Waals surface area contributed by atoms with E-state index in [9.17, 15) is 18.0 Å². The number of amides is 2. The molecule has 0 saturated heterocycles. The second-order valence-electron chi connectivity index (χ2n) is 9.25. The van der Waals surface area contributed by atoms with Gasteiger partial charge in [-0.05, 0) is 57.7 Å². The number of hydrogen-bond donors (Lipinski definition) is 1. The van der Waals surface area contributed by atoms with E-state index in [1.165, 1.54) is 4.31 Å². The minimum Gasteiger partial charge on any atom is -0.492 e. The van der Waals surface area contributed by atoms with Crippen molar-refractivity contribution in [3.63, 3.8) is 0 Å². The summed E-state index contributed by atoms with van der Waals surface area (Å²) in [5, 5.41) is 2.93. The van der Waals surface area contributed by atoms with Gasteiger partial charge in [0.2, 0.25) is 21.8 Å². The molecule has 0 spiro atoms. The van der Waals surface area contributed by atoms with Crippen LogP contribution >= 0.6 is 0 Å². The van der Waals surface area contributed by atoms with Gasteiger partial charge in [0, 0.05) is 25.6 Å². The standard InChI is InChI=1S/C28H41N3O5S/c1-6-24(28(33)29-22(3)4)30(21-19-23-14-9-8-10-15-23)27(32)18-13-20-31(37(5,34)35)25-16-11-12-17-26(25)36-7-2/h8-12,14-17,22,24H,6-7,13,18-21H2,1-5H3,(H,29,33)/t24-/m0/s1. The first kappa shape index (κ1) is 30.2. The van der Waals surface area contributed by atoms with E-state index in [4.69, 9.17) is 4.74 Å². The average molecular weight is 532 g/mol. The van der Waals surface area contributed by atoms with Gasteiger partial charge in [0.05, 0.1) is 18.6 Å². The molecule has 0 saturated carbocycles.